The minimum Gasteiger partial charge on any atom is -0.462 e. The van der Waals surface area contributed by atoms with Crippen molar-refractivity contribution in [3.05, 3.63) is 12.7 Å². The molecule has 3 heterocycles. The maximum Gasteiger partial charge on any atom is 0.472 e. The third kappa shape index (κ3) is 22.5. The van der Waals surface area contributed by atoms with Crippen molar-refractivity contribution in [2.75, 3.05) is 25.6 Å². The van der Waals surface area contributed by atoms with Crippen LogP contribution in [0.4, 0.5) is 5.82 Å². The van der Waals surface area contributed by atoms with Gasteiger partial charge in [0.1, 0.15) is 24.6 Å². The van der Waals surface area contributed by atoms with Crippen molar-refractivity contribution in [3.8, 4) is 0 Å². The number of nitrogen functional groups attached to an aromatic ring is 1. The largest absolute Gasteiger partial charge is 0.472 e. The number of phosphoric acid groups is 1. The Kier molecular flexibility index (Phi) is 27.7. The molecule has 1 fully saturated rings. The smallest absolute Gasteiger partial charge is 0.462 e. The molecule has 15 nitrogen and oxygen atoms in total. The first-order valence-electron chi connectivity index (χ1n) is 23.9. The summed E-state index contributed by atoms with van der Waals surface area (Å²) in [5.74, 6) is -0.781. The number of aliphatic hydroxyl groups excluding tert-OH is 1. The Morgan fingerprint density at radius 3 is 1.75 bits per heavy atom. The maximum atomic E-state index is 13.4. The van der Waals surface area contributed by atoms with E-state index in [1.165, 1.54) is 133 Å². The van der Waals surface area contributed by atoms with E-state index in [2.05, 4.69) is 28.8 Å². The maximum absolute atomic E-state index is 13.4. The molecule has 1 aliphatic rings. The molecule has 0 saturated carbocycles. The molecular formula is C45H80N5O10P. The number of rotatable bonds is 38. The molecule has 0 spiro atoms. The number of fused-ring (bicyclic) bond motifs is 1. The van der Waals surface area contributed by atoms with E-state index in [0.717, 1.165) is 38.5 Å². The fourth-order valence-corrected chi connectivity index (χ4v) is 8.75. The first-order chi connectivity index (χ1) is 29.7. The zero-order valence-corrected chi connectivity index (χ0v) is 38.5. The van der Waals surface area contributed by atoms with E-state index in [1.54, 1.807) is 0 Å². The summed E-state index contributed by atoms with van der Waals surface area (Å²) in [7, 11) is -4.81. The van der Waals surface area contributed by atoms with Gasteiger partial charge < -0.3 is 29.9 Å². The predicted octanol–water partition coefficient (Wildman–Crippen LogP) is 10.6. The van der Waals surface area contributed by atoms with Crippen molar-refractivity contribution in [1.29, 1.82) is 0 Å². The number of nitrogens with zero attached hydrogens (tertiary/aromatic N) is 4. The highest BCUT2D eigenvalue weighted by atomic mass is 31.2. The Morgan fingerprint density at radius 2 is 1.25 bits per heavy atom. The minimum atomic E-state index is -4.81. The van der Waals surface area contributed by atoms with Crippen LogP contribution < -0.4 is 5.73 Å². The summed E-state index contributed by atoms with van der Waals surface area (Å²) < 4.78 is 42.9. The Hall–Kier alpha value is -2.68. The van der Waals surface area contributed by atoms with Crippen LogP contribution in [0.15, 0.2) is 12.7 Å². The molecule has 0 aromatic carbocycles. The molecule has 2 aromatic rings. The van der Waals surface area contributed by atoms with Gasteiger partial charge in [-0.05, 0) is 12.8 Å². The molecule has 1 aliphatic heterocycles. The summed E-state index contributed by atoms with van der Waals surface area (Å²) >= 11 is 0. The number of anilines is 1. The van der Waals surface area contributed by atoms with Crippen LogP contribution in [0.5, 0.6) is 0 Å². The minimum absolute atomic E-state index is 0.0592. The molecule has 61 heavy (non-hydrogen) atoms. The van der Waals surface area contributed by atoms with Crippen molar-refractivity contribution in [2.45, 2.75) is 225 Å². The molecule has 350 valence electrons. The zero-order chi connectivity index (χ0) is 44.0. The zero-order valence-electron chi connectivity index (χ0n) is 37.6. The molecule has 0 bridgehead atoms. The number of aliphatic hydroxyl groups is 1. The van der Waals surface area contributed by atoms with E-state index in [-0.39, 0.29) is 38.3 Å². The molecule has 1 unspecified atom stereocenters. The summed E-state index contributed by atoms with van der Waals surface area (Å²) in [5.41, 5.74) is 6.57. The van der Waals surface area contributed by atoms with E-state index >= 15 is 0 Å². The number of carbonyl (C=O) groups excluding carboxylic acids is 2. The molecule has 4 N–H and O–H groups in total. The topological polar surface area (TPSA) is 207 Å². The van der Waals surface area contributed by atoms with Crippen LogP contribution >= 0.6 is 7.82 Å². The standard InChI is InChI=1S/C45H80N5O10P/c1-3-5-7-9-11-13-15-17-19-21-23-25-27-29-40(52)56-33-38(58-41(53)30-28-26-24-22-20-18-16-14-12-10-8-6-4-2)34-57-61(54,55)60-39-31-37(32-51)59-45(39)50-36-49-42-43(46)47-35-48-44(42)50/h35-39,45,51H,3-34H2,1-2H3,(H,54,55)(H2,46,47,48)/t37-,38-,39+,45+/m0/s1. The number of phosphoric ester groups is 1. The second kappa shape index (κ2) is 32.0. The van der Waals surface area contributed by atoms with E-state index < -0.39 is 50.9 Å². The second-order valence-electron chi connectivity index (χ2n) is 16.8. The first kappa shape index (κ1) is 52.7. The van der Waals surface area contributed by atoms with Gasteiger partial charge in [0.25, 0.3) is 0 Å². The van der Waals surface area contributed by atoms with Gasteiger partial charge in [-0.1, -0.05) is 168 Å². The van der Waals surface area contributed by atoms with Crippen LogP contribution in [-0.2, 0) is 37.4 Å². The highest BCUT2D eigenvalue weighted by molar-refractivity contribution is 7.47. The van der Waals surface area contributed by atoms with Crippen LogP contribution in [0.25, 0.3) is 11.2 Å². The molecule has 3 rings (SSSR count). The van der Waals surface area contributed by atoms with E-state index in [4.69, 9.17) is 29.0 Å². The molecule has 0 amide bonds. The van der Waals surface area contributed by atoms with Crippen LogP contribution in [0.1, 0.15) is 206 Å². The Balaban J connectivity index is 1.44. The number of ether oxygens (including phenoxy) is 3. The molecule has 5 atom stereocenters. The monoisotopic (exact) mass is 882 g/mol. The highest BCUT2D eigenvalue weighted by Gasteiger charge is 2.43. The molecule has 16 heteroatoms. The van der Waals surface area contributed by atoms with E-state index in [1.807, 2.05) is 0 Å². The van der Waals surface area contributed by atoms with Gasteiger partial charge in [-0.25, -0.2) is 19.5 Å². The Bertz CT molecular complexity index is 1520. The summed E-state index contributed by atoms with van der Waals surface area (Å²) in [5, 5.41) is 9.84. The third-order valence-corrected chi connectivity index (χ3v) is 12.4. The number of imidazole rings is 1. The van der Waals surface area contributed by atoms with E-state index in [9.17, 15) is 24.2 Å². The molecule has 0 radical (unpaired) electrons. The number of nitrogens with two attached hydrogens (primary N) is 1. The SMILES string of the molecule is CCCCCCCCCCCCCCCC(=O)OC[C@@H](COP(=O)(O)O[C@@H]1C[C@@H](CO)O[C@H]1n1cnc2c(N)ncnc21)OC(=O)CCCCCCCCCCCCCCC. The molecule has 2 aromatic heterocycles. The Labute approximate surface area is 365 Å². The number of hydrogen-bond donors (Lipinski definition) is 3. The van der Waals surface area contributed by atoms with E-state index in [0.29, 0.717) is 24.0 Å². The van der Waals surface area contributed by atoms with Crippen LogP contribution in [0, 0.1) is 0 Å². The van der Waals surface area contributed by atoms with Gasteiger partial charge in [0.2, 0.25) is 0 Å². The van der Waals surface area contributed by atoms with Gasteiger partial charge in [0.15, 0.2) is 23.8 Å². The number of aromatic nitrogens is 4. The van der Waals surface area contributed by atoms with Crippen molar-refractivity contribution < 1.29 is 47.4 Å². The first-order valence-corrected chi connectivity index (χ1v) is 25.4. The number of unbranched alkanes of at least 4 members (excludes halogenated alkanes) is 24. The third-order valence-electron chi connectivity index (χ3n) is 11.4. The van der Waals surface area contributed by atoms with Crippen LogP contribution in [0.3, 0.4) is 0 Å². The lowest BCUT2D eigenvalue weighted by Gasteiger charge is -2.24. The number of carbonyl (C=O) groups is 2. The van der Waals surface area contributed by atoms with Crippen molar-refractivity contribution >= 4 is 36.7 Å². The van der Waals surface area contributed by atoms with Gasteiger partial charge in [-0.15, -0.1) is 0 Å². The summed E-state index contributed by atoms with van der Waals surface area (Å²) in [6, 6.07) is 0. The quantitative estimate of drug-likeness (QED) is 0.0326. The van der Waals surface area contributed by atoms with Crippen LogP contribution in [0.2, 0.25) is 0 Å². The fourth-order valence-electron chi connectivity index (χ4n) is 7.80. The van der Waals surface area contributed by atoms with Crippen molar-refractivity contribution in [1.82, 2.24) is 19.5 Å². The van der Waals surface area contributed by atoms with Crippen molar-refractivity contribution in [3.63, 3.8) is 0 Å². The fraction of sp³-hybridized carbons (Fsp3) is 0.844. The summed E-state index contributed by atoms with van der Waals surface area (Å²) in [6.45, 7) is 3.24. The lowest BCUT2D eigenvalue weighted by Crippen LogP contribution is -2.30. The number of hydrogen-bond acceptors (Lipinski definition) is 13. The molecular weight excluding hydrogens is 801 g/mol. The second-order valence-corrected chi connectivity index (χ2v) is 18.2. The summed E-state index contributed by atoms with van der Waals surface area (Å²) in [6.07, 6.45) is 30.1. The van der Waals surface area contributed by atoms with Gasteiger partial charge in [0, 0.05) is 19.3 Å². The predicted molar refractivity (Wildman–Crippen MR) is 237 cm³/mol. The number of esters is 2. The lowest BCUT2D eigenvalue weighted by molar-refractivity contribution is -0.161. The highest BCUT2D eigenvalue weighted by Crippen LogP contribution is 2.49. The Morgan fingerprint density at radius 1 is 0.754 bits per heavy atom. The average Bonchev–Trinajstić information content (AvgIpc) is 3.86. The van der Waals surface area contributed by atoms with Crippen LogP contribution in [-0.4, -0.2) is 79.6 Å². The molecule has 1 saturated heterocycles. The van der Waals surface area contributed by atoms with Gasteiger partial charge >= 0.3 is 19.8 Å². The normalized spacial score (nSPS) is 18.1. The van der Waals surface area contributed by atoms with Gasteiger partial charge in [-0.3, -0.25) is 23.2 Å². The van der Waals surface area contributed by atoms with Crippen molar-refractivity contribution in [2.24, 2.45) is 0 Å². The lowest BCUT2D eigenvalue weighted by atomic mass is 10.0. The average molecular weight is 882 g/mol. The summed E-state index contributed by atoms with van der Waals surface area (Å²) in [4.78, 5) is 48.9. The molecule has 0 aliphatic carbocycles. The van der Waals surface area contributed by atoms with Gasteiger partial charge in [0.05, 0.1) is 25.6 Å². The van der Waals surface area contributed by atoms with Gasteiger partial charge in [-0.2, -0.15) is 0 Å².